The fourth-order valence-electron chi connectivity index (χ4n) is 1.64. The number of halogens is 2. The van der Waals surface area contributed by atoms with Crippen LogP contribution in [-0.2, 0) is 10.1 Å². The van der Waals surface area contributed by atoms with Crippen molar-refractivity contribution in [1.29, 1.82) is 0 Å². The number of aryl methyl sites for hydroxylation is 1. The molecule has 0 atom stereocenters. The first-order valence-electron chi connectivity index (χ1n) is 5.85. The van der Waals surface area contributed by atoms with E-state index in [-0.39, 0.29) is 20.7 Å². The summed E-state index contributed by atoms with van der Waals surface area (Å²) >= 11 is 11.5. The largest absolute Gasteiger partial charge is 0.372 e. The second-order valence-electron chi connectivity index (χ2n) is 4.34. The lowest BCUT2D eigenvalue weighted by atomic mass is 10.2. The standard InChI is InChI=1S/C13H9Cl2NO5S/c1-8-2-5-13(12(6-8)16(17)18)21-22(19,20)9-3-4-10(14)11(15)7-9/h2-7H,1H3. The average molecular weight is 362 g/mol. The molecule has 2 aromatic carbocycles. The van der Waals surface area contributed by atoms with Gasteiger partial charge >= 0.3 is 15.8 Å². The van der Waals surface area contributed by atoms with Gasteiger partial charge in [0.2, 0.25) is 5.75 Å². The molecule has 22 heavy (non-hydrogen) atoms. The van der Waals surface area contributed by atoms with E-state index in [2.05, 4.69) is 0 Å². The molecule has 0 aliphatic heterocycles. The van der Waals surface area contributed by atoms with Gasteiger partial charge in [0.25, 0.3) is 0 Å². The number of hydrogen-bond donors (Lipinski definition) is 0. The number of hydrogen-bond acceptors (Lipinski definition) is 5. The van der Waals surface area contributed by atoms with E-state index in [9.17, 15) is 18.5 Å². The number of nitro groups is 1. The van der Waals surface area contributed by atoms with E-state index in [1.807, 2.05) is 0 Å². The highest BCUT2D eigenvalue weighted by Crippen LogP contribution is 2.32. The quantitative estimate of drug-likeness (QED) is 0.467. The molecular formula is C13H9Cl2NO5S. The van der Waals surface area contributed by atoms with Crippen LogP contribution in [0.4, 0.5) is 5.69 Å². The van der Waals surface area contributed by atoms with Crippen LogP contribution < -0.4 is 4.18 Å². The van der Waals surface area contributed by atoms with Crippen LogP contribution in [-0.4, -0.2) is 13.3 Å². The molecule has 0 fully saturated rings. The maximum Gasteiger partial charge on any atom is 0.339 e. The van der Waals surface area contributed by atoms with Crippen molar-refractivity contribution in [2.24, 2.45) is 0 Å². The highest BCUT2D eigenvalue weighted by molar-refractivity contribution is 7.87. The van der Waals surface area contributed by atoms with Gasteiger partial charge < -0.3 is 4.18 Å². The third-order valence-electron chi connectivity index (χ3n) is 2.69. The van der Waals surface area contributed by atoms with Crippen molar-refractivity contribution in [3.05, 3.63) is 62.1 Å². The molecule has 2 aromatic rings. The molecule has 0 bridgehead atoms. The van der Waals surface area contributed by atoms with E-state index in [1.54, 1.807) is 6.92 Å². The van der Waals surface area contributed by atoms with Crippen molar-refractivity contribution in [3.63, 3.8) is 0 Å². The molecular weight excluding hydrogens is 353 g/mol. The molecule has 0 amide bonds. The Balaban J connectivity index is 2.45. The number of nitro benzene ring substituents is 1. The van der Waals surface area contributed by atoms with Gasteiger partial charge in [-0.05, 0) is 36.8 Å². The first kappa shape index (κ1) is 16.5. The highest BCUT2D eigenvalue weighted by Gasteiger charge is 2.24. The minimum atomic E-state index is -4.27. The lowest BCUT2D eigenvalue weighted by Crippen LogP contribution is -2.11. The van der Waals surface area contributed by atoms with E-state index in [0.29, 0.717) is 5.56 Å². The molecule has 116 valence electrons. The second kappa shape index (κ2) is 6.12. The minimum Gasteiger partial charge on any atom is -0.372 e. The third-order valence-corrected chi connectivity index (χ3v) is 4.66. The van der Waals surface area contributed by atoms with Gasteiger partial charge in [0.05, 0.1) is 15.0 Å². The van der Waals surface area contributed by atoms with Crippen LogP contribution in [0.3, 0.4) is 0 Å². The fraction of sp³-hybridized carbons (Fsp3) is 0.0769. The lowest BCUT2D eigenvalue weighted by molar-refractivity contribution is -0.385. The summed E-state index contributed by atoms with van der Waals surface area (Å²) in [6.45, 7) is 1.64. The molecule has 0 N–H and O–H groups in total. The van der Waals surface area contributed by atoms with Crippen molar-refractivity contribution in [2.45, 2.75) is 11.8 Å². The Labute approximate surface area is 136 Å². The number of nitrogens with zero attached hydrogens (tertiary/aromatic N) is 1. The van der Waals surface area contributed by atoms with Crippen LogP contribution in [0, 0.1) is 17.0 Å². The van der Waals surface area contributed by atoms with Crippen LogP contribution in [0.5, 0.6) is 5.75 Å². The average Bonchev–Trinajstić information content (AvgIpc) is 2.43. The van der Waals surface area contributed by atoms with Gasteiger partial charge in [0.15, 0.2) is 0 Å². The van der Waals surface area contributed by atoms with Crippen LogP contribution in [0.1, 0.15) is 5.56 Å². The first-order chi connectivity index (χ1) is 10.2. The van der Waals surface area contributed by atoms with Crippen LogP contribution in [0.15, 0.2) is 41.3 Å². The maximum atomic E-state index is 12.2. The Morgan fingerprint density at radius 2 is 1.77 bits per heavy atom. The number of rotatable bonds is 4. The van der Waals surface area contributed by atoms with Crippen LogP contribution >= 0.6 is 23.2 Å². The highest BCUT2D eigenvalue weighted by atomic mass is 35.5. The Morgan fingerprint density at radius 1 is 1.09 bits per heavy atom. The Morgan fingerprint density at radius 3 is 2.36 bits per heavy atom. The normalized spacial score (nSPS) is 11.2. The van der Waals surface area contributed by atoms with Crippen LogP contribution in [0.2, 0.25) is 10.0 Å². The first-order valence-corrected chi connectivity index (χ1v) is 8.02. The molecule has 0 aromatic heterocycles. The molecule has 0 unspecified atom stereocenters. The predicted octanol–water partition coefficient (Wildman–Crippen LogP) is 3.98. The molecule has 0 aliphatic carbocycles. The lowest BCUT2D eigenvalue weighted by Gasteiger charge is -2.08. The zero-order chi connectivity index (χ0) is 16.5. The van der Waals surface area contributed by atoms with Crippen molar-refractivity contribution in [3.8, 4) is 5.75 Å². The van der Waals surface area contributed by atoms with E-state index in [4.69, 9.17) is 27.4 Å². The molecule has 0 heterocycles. The Kier molecular flexibility index (Phi) is 4.60. The van der Waals surface area contributed by atoms with Crippen molar-refractivity contribution in [1.82, 2.24) is 0 Å². The summed E-state index contributed by atoms with van der Waals surface area (Å²) in [5.74, 6) is -0.373. The van der Waals surface area contributed by atoms with E-state index < -0.39 is 20.7 Å². The zero-order valence-corrected chi connectivity index (χ0v) is 13.4. The monoisotopic (exact) mass is 361 g/mol. The molecule has 0 aliphatic rings. The van der Waals surface area contributed by atoms with E-state index in [1.165, 1.54) is 30.3 Å². The fourth-order valence-corrected chi connectivity index (χ4v) is 2.97. The van der Waals surface area contributed by atoms with Gasteiger partial charge in [-0.25, -0.2) is 0 Å². The van der Waals surface area contributed by atoms with Gasteiger partial charge in [0, 0.05) is 6.07 Å². The summed E-state index contributed by atoms with van der Waals surface area (Å²) < 4.78 is 29.2. The van der Waals surface area contributed by atoms with E-state index in [0.717, 1.165) is 6.07 Å². The summed E-state index contributed by atoms with van der Waals surface area (Å²) in [6.07, 6.45) is 0. The topological polar surface area (TPSA) is 86.5 Å². The maximum absolute atomic E-state index is 12.2. The third kappa shape index (κ3) is 3.49. The molecule has 0 spiro atoms. The summed E-state index contributed by atoms with van der Waals surface area (Å²) in [5.41, 5.74) is 0.162. The molecule has 0 radical (unpaired) electrons. The van der Waals surface area contributed by atoms with Gasteiger partial charge in [-0.15, -0.1) is 0 Å². The Hall–Kier alpha value is -1.83. The van der Waals surface area contributed by atoms with Gasteiger partial charge in [0.1, 0.15) is 4.90 Å². The minimum absolute atomic E-state index is 0.0322. The summed E-state index contributed by atoms with van der Waals surface area (Å²) in [6, 6.07) is 7.56. The second-order valence-corrected chi connectivity index (χ2v) is 6.70. The predicted molar refractivity (Wildman–Crippen MR) is 82.1 cm³/mol. The summed E-state index contributed by atoms with van der Waals surface area (Å²) in [4.78, 5) is 10.0. The molecule has 9 heteroatoms. The van der Waals surface area contributed by atoms with Gasteiger partial charge in [-0.2, -0.15) is 8.42 Å². The summed E-state index contributed by atoms with van der Waals surface area (Å²) in [7, 11) is -4.27. The Bertz CT molecular complexity index is 852. The van der Waals surface area contributed by atoms with E-state index >= 15 is 0 Å². The molecule has 0 saturated heterocycles. The van der Waals surface area contributed by atoms with Crippen molar-refractivity contribution < 1.29 is 17.5 Å². The van der Waals surface area contributed by atoms with Gasteiger partial charge in [-0.1, -0.05) is 29.3 Å². The SMILES string of the molecule is Cc1ccc(OS(=O)(=O)c2ccc(Cl)c(Cl)c2)c([N+](=O)[O-])c1. The molecule has 0 saturated carbocycles. The number of benzene rings is 2. The van der Waals surface area contributed by atoms with Crippen LogP contribution in [0.25, 0.3) is 0 Å². The molecule has 2 rings (SSSR count). The summed E-state index contributed by atoms with van der Waals surface area (Å²) in [5, 5.41) is 11.2. The zero-order valence-electron chi connectivity index (χ0n) is 11.1. The molecule has 6 nitrogen and oxygen atoms in total. The smallest absolute Gasteiger partial charge is 0.339 e. The van der Waals surface area contributed by atoms with Crippen molar-refractivity contribution >= 4 is 39.0 Å². The van der Waals surface area contributed by atoms with Crippen molar-refractivity contribution in [2.75, 3.05) is 0 Å². The van der Waals surface area contributed by atoms with Gasteiger partial charge in [-0.3, -0.25) is 10.1 Å².